The third-order valence-electron chi connectivity index (χ3n) is 5.32. The minimum absolute atomic E-state index is 0.0338. The van der Waals surface area contributed by atoms with E-state index in [4.69, 9.17) is 4.74 Å². The molecule has 2 fully saturated rings. The van der Waals surface area contributed by atoms with Crippen molar-refractivity contribution < 1.29 is 14.3 Å². The number of aromatic nitrogens is 1. The van der Waals surface area contributed by atoms with Crippen molar-refractivity contribution in [2.45, 2.75) is 36.5 Å². The lowest BCUT2D eigenvalue weighted by Crippen LogP contribution is -2.48. The fourth-order valence-corrected chi connectivity index (χ4v) is 4.41. The van der Waals surface area contributed by atoms with Gasteiger partial charge < -0.3 is 10.1 Å². The molecule has 0 aliphatic carbocycles. The molecule has 2 aliphatic heterocycles. The number of nitrogens with zero attached hydrogens (tertiary/aromatic N) is 2. The van der Waals surface area contributed by atoms with Crippen LogP contribution in [0.5, 0.6) is 0 Å². The van der Waals surface area contributed by atoms with Gasteiger partial charge in [-0.3, -0.25) is 23.9 Å². The molecule has 8 heteroatoms. The van der Waals surface area contributed by atoms with E-state index in [0.29, 0.717) is 17.6 Å². The molecule has 0 saturated carbocycles. The number of hydrogen-bond acceptors (Lipinski definition) is 6. The van der Waals surface area contributed by atoms with Gasteiger partial charge in [0, 0.05) is 29.6 Å². The van der Waals surface area contributed by atoms with Crippen molar-refractivity contribution in [3.63, 3.8) is 0 Å². The first-order valence-corrected chi connectivity index (χ1v) is 10.0. The first kappa shape index (κ1) is 18.1. The minimum Gasteiger partial charge on any atom is -0.468 e. The average molecular weight is 387 g/mol. The van der Waals surface area contributed by atoms with Crippen molar-refractivity contribution >= 4 is 34.5 Å². The van der Waals surface area contributed by atoms with Crippen LogP contribution in [0.15, 0.2) is 34.0 Å². The molecule has 1 amide bonds. The molecule has 4 rings (SSSR count). The number of pyridine rings is 1. The third-order valence-corrected chi connectivity index (χ3v) is 6.04. The predicted molar refractivity (Wildman–Crippen MR) is 103 cm³/mol. The second-order valence-corrected chi connectivity index (χ2v) is 7.83. The number of likely N-dealkylation sites (tertiary alicyclic amines) is 1. The van der Waals surface area contributed by atoms with E-state index < -0.39 is 5.97 Å². The fraction of sp³-hybridized carbons (Fsp3) is 0.421. The largest absolute Gasteiger partial charge is 0.468 e. The van der Waals surface area contributed by atoms with Gasteiger partial charge in [0.2, 0.25) is 5.91 Å². The molecule has 27 heavy (non-hydrogen) atoms. The SMILES string of the molecule is COC(=O)Cn1c(=O)c(CN2C[C@@H]3C[C@H]2C(=O)N3)cc2ccc(SC)cc21. The van der Waals surface area contributed by atoms with Crippen LogP contribution in [0, 0.1) is 0 Å². The average Bonchev–Trinajstić information content (AvgIpc) is 3.23. The monoisotopic (exact) mass is 387 g/mol. The summed E-state index contributed by atoms with van der Waals surface area (Å²) < 4.78 is 6.25. The lowest BCUT2D eigenvalue weighted by molar-refractivity contribution is -0.141. The van der Waals surface area contributed by atoms with Crippen molar-refractivity contribution in [3.8, 4) is 0 Å². The number of nitrogens with one attached hydrogen (secondary N) is 1. The third kappa shape index (κ3) is 3.23. The molecule has 1 aromatic heterocycles. The summed E-state index contributed by atoms with van der Waals surface area (Å²) in [7, 11) is 1.31. The summed E-state index contributed by atoms with van der Waals surface area (Å²) >= 11 is 1.58. The minimum atomic E-state index is -0.468. The van der Waals surface area contributed by atoms with Gasteiger partial charge in [-0.1, -0.05) is 6.07 Å². The smallest absolute Gasteiger partial charge is 0.325 e. The zero-order valence-electron chi connectivity index (χ0n) is 15.2. The van der Waals surface area contributed by atoms with Crippen LogP contribution < -0.4 is 10.9 Å². The van der Waals surface area contributed by atoms with Gasteiger partial charge in [-0.05, 0) is 36.3 Å². The number of fused-ring (bicyclic) bond motifs is 3. The van der Waals surface area contributed by atoms with Gasteiger partial charge in [0.25, 0.3) is 5.56 Å². The first-order chi connectivity index (χ1) is 13.0. The van der Waals surface area contributed by atoms with Crippen LogP contribution >= 0.6 is 11.8 Å². The summed E-state index contributed by atoms with van der Waals surface area (Å²) in [5, 5.41) is 3.83. The molecule has 142 valence electrons. The Kier molecular flexibility index (Phi) is 4.69. The van der Waals surface area contributed by atoms with E-state index in [2.05, 4.69) is 5.32 Å². The van der Waals surface area contributed by atoms with Crippen LogP contribution in [0.25, 0.3) is 10.9 Å². The number of benzene rings is 1. The van der Waals surface area contributed by atoms with Gasteiger partial charge in [0.15, 0.2) is 0 Å². The summed E-state index contributed by atoms with van der Waals surface area (Å²) in [6.07, 6.45) is 2.76. The Morgan fingerprint density at radius 1 is 1.33 bits per heavy atom. The zero-order chi connectivity index (χ0) is 19.1. The van der Waals surface area contributed by atoms with Crippen molar-refractivity contribution in [2.75, 3.05) is 19.9 Å². The summed E-state index contributed by atoms with van der Waals surface area (Å²) in [5.74, 6) is -0.434. The number of amides is 1. The maximum Gasteiger partial charge on any atom is 0.325 e. The topological polar surface area (TPSA) is 80.6 Å². The summed E-state index contributed by atoms with van der Waals surface area (Å²) in [4.78, 5) is 40.0. The highest BCUT2D eigenvalue weighted by molar-refractivity contribution is 7.98. The van der Waals surface area contributed by atoms with Crippen LogP contribution in [0.2, 0.25) is 0 Å². The molecule has 1 N–H and O–H groups in total. The lowest BCUT2D eigenvalue weighted by Gasteiger charge is -2.26. The number of carbonyl (C=O) groups excluding carboxylic acids is 2. The highest BCUT2D eigenvalue weighted by atomic mass is 32.2. The molecular weight excluding hydrogens is 366 g/mol. The van der Waals surface area contributed by atoms with E-state index >= 15 is 0 Å². The highest BCUT2D eigenvalue weighted by Crippen LogP contribution is 2.27. The molecule has 2 atom stereocenters. The molecule has 2 aliphatic rings. The lowest BCUT2D eigenvalue weighted by atomic mass is 10.1. The Balaban J connectivity index is 1.77. The van der Waals surface area contributed by atoms with Gasteiger partial charge in [-0.15, -0.1) is 11.8 Å². The van der Waals surface area contributed by atoms with Crippen LogP contribution in [-0.4, -0.2) is 53.3 Å². The van der Waals surface area contributed by atoms with Crippen LogP contribution in [-0.2, 0) is 27.4 Å². The molecule has 7 nitrogen and oxygen atoms in total. The van der Waals surface area contributed by atoms with E-state index in [9.17, 15) is 14.4 Å². The Morgan fingerprint density at radius 3 is 2.81 bits per heavy atom. The Bertz CT molecular complexity index is 987. The summed E-state index contributed by atoms with van der Waals surface area (Å²) in [6, 6.07) is 7.75. The maximum atomic E-state index is 13.1. The summed E-state index contributed by atoms with van der Waals surface area (Å²) in [6.45, 7) is 1.01. The maximum absolute atomic E-state index is 13.1. The van der Waals surface area contributed by atoms with Crippen LogP contribution in [0.1, 0.15) is 12.0 Å². The predicted octanol–water partition coefficient (Wildman–Crippen LogP) is 0.969. The number of piperazine rings is 1. The van der Waals surface area contributed by atoms with E-state index in [1.165, 1.54) is 11.7 Å². The molecular formula is C19H21N3O4S. The Hall–Kier alpha value is -2.32. The van der Waals surface area contributed by atoms with Gasteiger partial charge in [0.1, 0.15) is 6.54 Å². The number of carbonyl (C=O) groups is 2. The Morgan fingerprint density at radius 2 is 2.15 bits per heavy atom. The van der Waals surface area contributed by atoms with E-state index in [0.717, 1.165) is 23.2 Å². The number of thioether (sulfide) groups is 1. The molecule has 0 radical (unpaired) electrons. The molecule has 0 unspecified atom stereocenters. The van der Waals surface area contributed by atoms with E-state index in [1.54, 1.807) is 11.8 Å². The van der Waals surface area contributed by atoms with Crippen molar-refractivity contribution in [3.05, 3.63) is 40.2 Å². The van der Waals surface area contributed by atoms with Gasteiger partial charge in [-0.25, -0.2) is 0 Å². The number of ether oxygens (including phenoxy) is 1. The zero-order valence-corrected chi connectivity index (χ0v) is 16.0. The van der Waals surface area contributed by atoms with Gasteiger partial charge >= 0.3 is 5.97 Å². The van der Waals surface area contributed by atoms with Crippen molar-refractivity contribution in [1.29, 1.82) is 0 Å². The number of hydrogen-bond donors (Lipinski definition) is 1. The van der Waals surface area contributed by atoms with Gasteiger partial charge in [0.05, 0.1) is 18.7 Å². The standard InChI is InChI=1S/C19H21N3O4S/c1-26-17(23)10-22-15-7-14(27-2)4-3-11(15)5-12(19(22)25)8-21-9-13-6-16(21)18(24)20-13/h3-5,7,13,16H,6,8-10H2,1-2H3,(H,20,24)/t13-,16-/m0/s1. The number of methoxy groups -OCH3 is 1. The Labute approximate surface area is 160 Å². The molecule has 2 bridgehead atoms. The quantitative estimate of drug-likeness (QED) is 0.608. The first-order valence-electron chi connectivity index (χ1n) is 8.82. The summed E-state index contributed by atoms with van der Waals surface area (Å²) in [5.41, 5.74) is 1.08. The number of esters is 1. The van der Waals surface area contributed by atoms with Crippen molar-refractivity contribution in [2.24, 2.45) is 0 Å². The number of rotatable bonds is 5. The second kappa shape index (κ2) is 7.01. The highest BCUT2D eigenvalue weighted by Gasteiger charge is 2.43. The second-order valence-electron chi connectivity index (χ2n) is 6.95. The van der Waals surface area contributed by atoms with E-state index in [-0.39, 0.29) is 30.1 Å². The van der Waals surface area contributed by atoms with Gasteiger partial charge in [-0.2, -0.15) is 0 Å². The van der Waals surface area contributed by atoms with E-state index in [1.807, 2.05) is 35.4 Å². The molecule has 3 heterocycles. The van der Waals surface area contributed by atoms with Crippen molar-refractivity contribution in [1.82, 2.24) is 14.8 Å². The molecule has 1 aromatic carbocycles. The molecule has 0 spiro atoms. The fourth-order valence-electron chi connectivity index (χ4n) is 3.97. The molecule has 2 aromatic rings. The van der Waals surface area contributed by atoms with Crippen LogP contribution in [0.3, 0.4) is 0 Å². The van der Waals surface area contributed by atoms with Crippen LogP contribution in [0.4, 0.5) is 0 Å². The molecule has 2 saturated heterocycles. The normalized spacial score (nSPS) is 21.6.